The standard InChI is InChI=1S/C39H43N3O5S/c1-28(2)23-33(36(43)41-35(25-30-17-9-4-10-18-30)38(45)48-27-32-21-13-6-14-22-32)40-37(44)34(24-29-15-7-3-8-16-29)42-39(46)47-26-31-19-11-5-12-20-31/h3-22,28,33-35H,23-27H2,1-2H3,(H,40,44)(H,41,43)(H,42,46)/t33-,34-,35-/m0/s1. The molecule has 0 aliphatic rings. The van der Waals surface area contributed by atoms with Crippen LogP contribution < -0.4 is 16.0 Å². The predicted molar refractivity (Wildman–Crippen MR) is 190 cm³/mol. The van der Waals surface area contributed by atoms with Crippen LogP contribution in [-0.2, 0) is 44.3 Å². The summed E-state index contributed by atoms with van der Waals surface area (Å²) in [6.07, 6.45) is 0.0797. The van der Waals surface area contributed by atoms with Gasteiger partial charge in [0.05, 0.1) is 0 Å². The lowest BCUT2D eigenvalue weighted by atomic mass is 10.00. The van der Waals surface area contributed by atoms with Crippen LogP contribution in [0.3, 0.4) is 0 Å². The van der Waals surface area contributed by atoms with Crippen LogP contribution in [0.2, 0.25) is 0 Å². The normalized spacial score (nSPS) is 12.7. The number of benzene rings is 4. The van der Waals surface area contributed by atoms with E-state index in [1.165, 1.54) is 0 Å². The second kappa shape index (κ2) is 19.1. The monoisotopic (exact) mass is 665 g/mol. The molecular weight excluding hydrogens is 623 g/mol. The number of nitrogens with one attached hydrogen (secondary N) is 3. The molecule has 0 saturated heterocycles. The van der Waals surface area contributed by atoms with Gasteiger partial charge in [0.15, 0.2) is 0 Å². The first kappa shape index (κ1) is 36.0. The average molecular weight is 666 g/mol. The van der Waals surface area contributed by atoms with Gasteiger partial charge in [-0.05, 0) is 34.6 Å². The summed E-state index contributed by atoms with van der Waals surface area (Å²) in [5, 5.41) is 8.34. The summed E-state index contributed by atoms with van der Waals surface area (Å²) >= 11 is 1.15. The zero-order chi connectivity index (χ0) is 34.1. The van der Waals surface area contributed by atoms with Crippen molar-refractivity contribution in [3.63, 3.8) is 0 Å². The maximum Gasteiger partial charge on any atom is 0.408 e. The summed E-state index contributed by atoms with van der Waals surface area (Å²) in [5.41, 5.74) is 3.55. The number of rotatable bonds is 16. The second-order valence-corrected chi connectivity index (χ2v) is 13.0. The number of thioether (sulfide) groups is 1. The van der Waals surface area contributed by atoms with Gasteiger partial charge < -0.3 is 20.7 Å². The molecule has 0 fully saturated rings. The largest absolute Gasteiger partial charge is 0.445 e. The van der Waals surface area contributed by atoms with Crippen molar-refractivity contribution in [3.8, 4) is 0 Å². The first-order chi connectivity index (χ1) is 23.3. The van der Waals surface area contributed by atoms with E-state index in [-0.39, 0.29) is 24.1 Å². The van der Waals surface area contributed by atoms with Gasteiger partial charge in [-0.1, -0.05) is 147 Å². The van der Waals surface area contributed by atoms with Crippen LogP contribution >= 0.6 is 11.8 Å². The molecule has 3 N–H and O–H groups in total. The molecule has 4 rings (SSSR count). The molecule has 250 valence electrons. The molecule has 3 amide bonds. The maximum absolute atomic E-state index is 13.9. The fourth-order valence-electron chi connectivity index (χ4n) is 5.09. The highest BCUT2D eigenvalue weighted by Gasteiger charge is 2.31. The minimum atomic E-state index is -1.01. The Morgan fingerprint density at radius 2 is 1.00 bits per heavy atom. The Bertz CT molecular complexity index is 1590. The summed E-state index contributed by atoms with van der Waals surface area (Å²) in [4.78, 5) is 54.0. The molecule has 0 saturated carbocycles. The number of ether oxygens (including phenoxy) is 1. The summed E-state index contributed by atoms with van der Waals surface area (Å²) in [6, 6.07) is 35.0. The Morgan fingerprint density at radius 1 is 0.562 bits per heavy atom. The molecule has 0 unspecified atom stereocenters. The van der Waals surface area contributed by atoms with Crippen LogP contribution in [0.1, 0.15) is 42.5 Å². The molecule has 0 aliphatic carbocycles. The molecule has 0 radical (unpaired) electrons. The Kier molecular flexibility index (Phi) is 14.3. The Morgan fingerprint density at radius 3 is 1.52 bits per heavy atom. The van der Waals surface area contributed by atoms with Gasteiger partial charge in [-0.15, -0.1) is 0 Å². The highest BCUT2D eigenvalue weighted by molar-refractivity contribution is 8.13. The van der Waals surface area contributed by atoms with Crippen molar-refractivity contribution in [3.05, 3.63) is 144 Å². The number of alkyl carbamates (subject to hydrolysis) is 1. The quantitative estimate of drug-likeness (QED) is 0.131. The highest BCUT2D eigenvalue weighted by Crippen LogP contribution is 2.18. The lowest BCUT2D eigenvalue weighted by Crippen LogP contribution is -2.56. The van der Waals surface area contributed by atoms with E-state index in [0.29, 0.717) is 18.6 Å². The van der Waals surface area contributed by atoms with Gasteiger partial charge >= 0.3 is 6.09 Å². The zero-order valence-corrected chi connectivity index (χ0v) is 28.2. The van der Waals surface area contributed by atoms with Crippen molar-refractivity contribution >= 4 is 34.8 Å². The lowest BCUT2D eigenvalue weighted by Gasteiger charge is -2.26. The van der Waals surface area contributed by atoms with Crippen molar-refractivity contribution in [1.82, 2.24) is 16.0 Å². The van der Waals surface area contributed by atoms with Gasteiger partial charge in [0.2, 0.25) is 16.9 Å². The maximum atomic E-state index is 13.9. The summed E-state index contributed by atoms with van der Waals surface area (Å²) in [5.74, 6) is -0.467. The highest BCUT2D eigenvalue weighted by atomic mass is 32.2. The summed E-state index contributed by atoms with van der Waals surface area (Å²) in [6.45, 7) is 3.95. The molecule has 0 heterocycles. The van der Waals surface area contributed by atoms with Gasteiger partial charge in [0.1, 0.15) is 24.7 Å². The number of carbonyl (C=O) groups is 4. The van der Waals surface area contributed by atoms with E-state index in [4.69, 9.17) is 4.74 Å². The molecule has 4 aromatic carbocycles. The van der Waals surface area contributed by atoms with Crippen LogP contribution in [-0.4, -0.2) is 41.1 Å². The molecule has 48 heavy (non-hydrogen) atoms. The third kappa shape index (κ3) is 12.4. The Labute approximate surface area is 287 Å². The van der Waals surface area contributed by atoms with Crippen molar-refractivity contribution in [2.75, 3.05) is 0 Å². The number of hydrogen-bond donors (Lipinski definition) is 3. The molecule has 0 bridgehead atoms. The van der Waals surface area contributed by atoms with Gasteiger partial charge in [0, 0.05) is 18.6 Å². The van der Waals surface area contributed by atoms with Gasteiger partial charge in [0.25, 0.3) is 0 Å². The Balaban J connectivity index is 1.48. The van der Waals surface area contributed by atoms with Crippen molar-refractivity contribution in [2.24, 2.45) is 5.92 Å². The van der Waals surface area contributed by atoms with Crippen LogP contribution in [0.5, 0.6) is 0 Å². The van der Waals surface area contributed by atoms with Crippen LogP contribution in [0.4, 0.5) is 4.79 Å². The topological polar surface area (TPSA) is 114 Å². The number of hydrogen-bond acceptors (Lipinski definition) is 6. The van der Waals surface area contributed by atoms with E-state index in [2.05, 4.69) is 16.0 Å². The van der Waals surface area contributed by atoms with Gasteiger partial charge in [-0.25, -0.2) is 4.79 Å². The Hall–Kier alpha value is -4.89. The van der Waals surface area contributed by atoms with E-state index in [1.807, 2.05) is 135 Å². The third-order valence-corrected chi connectivity index (χ3v) is 8.60. The molecule has 8 nitrogen and oxygen atoms in total. The molecule has 0 aliphatic heterocycles. The molecule has 9 heteroatoms. The minimum Gasteiger partial charge on any atom is -0.445 e. The minimum absolute atomic E-state index is 0.0455. The van der Waals surface area contributed by atoms with Crippen molar-refractivity contribution in [2.45, 2.75) is 63.6 Å². The van der Waals surface area contributed by atoms with Gasteiger partial charge in [-0.2, -0.15) is 0 Å². The van der Waals surface area contributed by atoms with Crippen LogP contribution in [0.15, 0.2) is 121 Å². The van der Waals surface area contributed by atoms with Crippen molar-refractivity contribution in [1.29, 1.82) is 0 Å². The van der Waals surface area contributed by atoms with E-state index in [0.717, 1.165) is 34.0 Å². The van der Waals surface area contributed by atoms with Crippen molar-refractivity contribution < 1.29 is 23.9 Å². The van der Waals surface area contributed by atoms with E-state index in [1.54, 1.807) is 0 Å². The average Bonchev–Trinajstić information content (AvgIpc) is 3.10. The van der Waals surface area contributed by atoms with Gasteiger partial charge in [-0.3, -0.25) is 14.4 Å². The zero-order valence-electron chi connectivity index (χ0n) is 27.3. The smallest absolute Gasteiger partial charge is 0.408 e. The van der Waals surface area contributed by atoms with E-state index in [9.17, 15) is 19.2 Å². The molecule has 0 spiro atoms. The third-order valence-electron chi connectivity index (χ3n) is 7.55. The lowest BCUT2D eigenvalue weighted by molar-refractivity contribution is -0.131. The fourth-order valence-corrected chi connectivity index (χ4v) is 5.93. The van der Waals surface area contributed by atoms with E-state index < -0.39 is 36.0 Å². The fraction of sp³-hybridized carbons (Fsp3) is 0.282. The SMILES string of the molecule is CC(C)C[C@H](NC(=O)[C@H](Cc1ccccc1)NC(=O)OCc1ccccc1)C(=O)N[C@@H](Cc1ccccc1)C(=O)SCc1ccccc1. The number of carbonyl (C=O) groups excluding carboxylic acids is 4. The first-order valence-electron chi connectivity index (χ1n) is 16.1. The molecule has 4 aromatic rings. The molecular formula is C39H43N3O5S. The summed E-state index contributed by atoms with van der Waals surface area (Å²) < 4.78 is 5.40. The van der Waals surface area contributed by atoms with Crippen LogP contribution in [0.25, 0.3) is 0 Å². The first-order valence-corrected chi connectivity index (χ1v) is 17.1. The summed E-state index contributed by atoms with van der Waals surface area (Å²) in [7, 11) is 0. The number of amides is 3. The molecule has 0 aromatic heterocycles. The van der Waals surface area contributed by atoms with E-state index >= 15 is 0 Å². The predicted octanol–water partition coefficient (Wildman–Crippen LogP) is 6.24. The second-order valence-electron chi connectivity index (χ2n) is 12.0. The van der Waals surface area contributed by atoms with Crippen LogP contribution in [0, 0.1) is 5.92 Å². The molecule has 3 atom stereocenters.